The molecule has 0 aromatic rings. The van der Waals surface area contributed by atoms with Crippen molar-refractivity contribution < 1.29 is 4.74 Å². The average Bonchev–Trinajstić information content (AvgIpc) is 2.12. The minimum absolute atomic E-state index is 0.243. The van der Waals surface area contributed by atoms with Crippen LogP contribution in [0.1, 0.15) is 61.8 Å². The van der Waals surface area contributed by atoms with E-state index in [1.165, 1.54) is 0 Å². The third-order valence-electron chi connectivity index (χ3n) is 3.72. The van der Waals surface area contributed by atoms with E-state index in [1.54, 1.807) is 0 Å². The van der Waals surface area contributed by atoms with Gasteiger partial charge in [-0.05, 0) is 38.5 Å². The van der Waals surface area contributed by atoms with Crippen LogP contribution in [0.2, 0.25) is 0 Å². The topological polar surface area (TPSA) is 12.5 Å². The number of nitrogens with zero attached hydrogens (tertiary/aromatic N) is 1. The first kappa shape index (κ1) is 16.0. The van der Waals surface area contributed by atoms with Gasteiger partial charge in [0.1, 0.15) is 0 Å². The summed E-state index contributed by atoms with van der Waals surface area (Å²) in [6, 6.07) is 0. The van der Waals surface area contributed by atoms with Gasteiger partial charge in [-0.1, -0.05) is 34.6 Å². The lowest BCUT2D eigenvalue weighted by Crippen LogP contribution is -2.56. The number of ether oxygens (including phenoxy) is 1. The molecule has 18 heavy (non-hydrogen) atoms. The maximum absolute atomic E-state index is 6.31. The van der Waals surface area contributed by atoms with Gasteiger partial charge in [-0.3, -0.25) is 4.90 Å². The highest BCUT2D eigenvalue weighted by atomic mass is 16.5. The van der Waals surface area contributed by atoms with Crippen LogP contribution < -0.4 is 0 Å². The molecule has 1 fully saturated rings. The lowest BCUT2D eigenvalue weighted by Gasteiger charge is -2.47. The zero-order valence-electron chi connectivity index (χ0n) is 13.7. The molecule has 0 aromatic heterocycles. The molecule has 0 bridgehead atoms. The van der Waals surface area contributed by atoms with E-state index in [-0.39, 0.29) is 5.54 Å². The molecule has 2 unspecified atom stereocenters. The quantitative estimate of drug-likeness (QED) is 0.741. The van der Waals surface area contributed by atoms with Crippen molar-refractivity contribution in [3.8, 4) is 0 Å². The summed E-state index contributed by atoms with van der Waals surface area (Å²) in [5.41, 5.74) is 0.583. The largest absolute Gasteiger partial charge is 0.372 e. The third-order valence-corrected chi connectivity index (χ3v) is 3.72. The molecule has 1 saturated heterocycles. The fourth-order valence-corrected chi connectivity index (χ4v) is 2.58. The first-order chi connectivity index (χ1) is 7.99. The van der Waals surface area contributed by atoms with Crippen LogP contribution in [-0.2, 0) is 4.74 Å². The van der Waals surface area contributed by atoms with Crippen LogP contribution in [0.3, 0.4) is 0 Å². The van der Waals surface area contributed by atoms with Crippen molar-refractivity contribution in [2.45, 2.75) is 79.6 Å². The Kier molecular flexibility index (Phi) is 4.88. The first-order valence-electron chi connectivity index (χ1n) is 7.39. The van der Waals surface area contributed by atoms with Gasteiger partial charge in [-0.2, -0.15) is 0 Å². The lowest BCUT2D eigenvalue weighted by molar-refractivity contribution is -0.133. The molecule has 1 aliphatic heterocycles. The van der Waals surface area contributed by atoms with Gasteiger partial charge in [0.05, 0.1) is 12.2 Å². The van der Waals surface area contributed by atoms with Crippen LogP contribution in [0.15, 0.2) is 0 Å². The molecule has 1 rings (SSSR count). The second-order valence-corrected chi connectivity index (χ2v) is 8.38. The van der Waals surface area contributed by atoms with Gasteiger partial charge < -0.3 is 4.74 Å². The van der Waals surface area contributed by atoms with Crippen LogP contribution in [0.5, 0.6) is 0 Å². The Labute approximate surface area is 114 Å². The van der Waals surface area contributed by atoms with E-state index in [2.05, 4.69) is 60.3 Å². The summed E-state index contributed by atoms with van der Waals surface area (Å²) in [6.45, 7) is 20.5. The van der Waals surface area contributed by atoms with Crippen LogP contribution in [0, 0.1) is 11.3 Å². The maximum atomic E-state index is 6.31. The summed E-state index contributed by atoms with van der Waals surface area (Å²) < 4.78 is 6.31. The molecule has 108 valence electrons. The highest BCUT2D eigenvalue weighted by molar-refractivity contribution is 4.88. The molecule has 0 N–H and O–H groups in total. The Balaban J connectivity index is 2.75. The van der Waals surface area contributed by atoms with Crippen molar-refractivity contribution in [3.05, 3.63) is 0 Å². The number of rotatable bonds is 2. The van der Waals surface area contributed by atoms with Gasteiger partial charge in [0.2, 0.25) is 0 Å². The summed E-state index contributed by atoms with van der Waals surface area (Å²) >= 11 is 0. The second kappa shape index (κ2) is 5.50. The van der Waals surface area contributed by atoms with Gasteiger partial charge in [0.25, 0.3) is 0 Å². The van der Waals surface area contributed by atoms with Crippen molar-refractivity contribution in [1.82, 2.24) is 4.90 Å². The van der Waals surface area contributed by atoms with E-state index in [4.69, 9.17) is 4.74 Å². The molecule has 0 aromatic carbocycles. The van der Waals surface area contributed by atoms with Crippen molar-refractivity contribution in [3.63, 3.8) is 0 Å². The van der Waals surface area contributed by atoms with Gasteiger partial charge in [0, 0.05) is 18.6 Å². The summed E-state index contributed by atoms with van der Waals surface area (Å²) in [4.78, 5) is 2.59. The Morgan fingerprint density at radius 3 is 2.00 bits per heavy atom. The van der Waals surface area contributed by atoms with Crippen molar-refractivity contribution in [2.75, 3.05) is 13.1 Å². The molecule has 0 spiro atoms. The fourth-order valence-electron chi connectivity index (χ4n) is 2.58. The fraction of sp³-hybridized carbons (Fsp3) is 1.00. The highest BCUT2D eigenvalue weighted by Crippen LogP contribution is 2.30. The van der Waals surface area contributed by atoms with Gasteiger partial charge in [-0.15, -0.1) is 0 Å². The molecule has 1 heterocycles. The van der Waals surface area contributed by atoms with Crippen molar-refractivity contribution >= 4 is 0 Å². The van der Waals surface area contributed by atoms with Crippen LogP contribution in [0.4, 0.5) is 0 Å². The normalized spacial score (nSPS) is 27.8. The Hall–Kier alpha value is -0.0800. The molecular weight excluding hydrogens is 222 g/mol. The van der Waals surface area contributed by atoms with Crippen LogP contribution >= 0.6 is 0 Å². The smallest absolute Gasteiger partial charge is 0.0729 e. The second-order valence-electron chi connectivity index (χ2n) is 8.38. The van der Waals surface area contributed by atoms with E-state index >= 15 is 0 Å². The third kappa shape index (κ3) is 4.89. The van der Waals surface area contributed by atoms with E-state index < -0.39 is 0 Å². The van der Waals surface area contributed by atoms with Crippen molar-refractivity contribution in [2.24, 2.45) is 11.3 Å². The van der Waals surface area contributed by atoms with Gasteiger partial charge >= 0.3 is 0 Å². The van der Waals surface area contributed by atoms with Crippen molar-refractivity contribution in [1.29, 1.82) is 0 Å². The van der Waals surface area contributed by atoms with Crippen LogP contribution in [0.25, 0.3) is 0 Å². The molecule has 2 heteroatoms. The molecule has 0 amide bonds. The van der Waals surface area contributed by atoms with E-state index in [0.29, 0.717) is 23.5 Å². The molecule has 0 radical (unpaired) electrons. The van der Waals surface area contributed by atoms with Gasteiger partial charge in [0.15, 0.2) is 0 Å². The Morgan fingerprint density at radius 1 is 1.06 bits per heavy atom. The highest BCUT2D eigenvalue weighted by Gasteiger charge is 2.36. The maximum Gasteiger partial charge on any atom is 0.0729 e. The van der Waals surface area contributed by atoms with Crippen LogP contribution in [-0.4, -0.2) is 35.7 Å². The summed E-state index contributed by atoms with van der Waals surface area (Å²) in [5.74, 6) is 0.595. The average molecular weight is 255 g/mol. The SMILES string of the molecule is CC(C)C1CN(C(C)(C)C)CC(CC(C)(C)C)O1. The zero-order valence-corrected chi connectivity index (χ0v) is 13.7. The van der Waals surface area contributed by atoms with Gasteiger partial charge in [-0.25, -0.2) is 0 Å². The zero-order chi connectivity index (χ0) is 14.1. The molecule has 2 nitrogen and oxygen atoms in total. The summed E-state index contributed by atoms with van der Waals surface area (Å²) in [7, 11) is 0. The number of hydrogen-bond donors (Lipinski definition) is 0. The number of hydrogen-bond acceptors (Lipinski definition) is 2. The Bertz CT molecular complexity index is 259. The standard InChI is InChI=1S/C16H33NO/c1-12(2)14-11-17(16(6,7)8)10-13(18-14)9-15(3,4)5/h12-14H,9-11H2,1-8H3. The predicted octanol–water partition coefficient (Wildman–Crippen LogP) is 3.95. The Morgan fingerprint density at radius 2 is 1.61 bits per heavy atom. The van der Waals surface area contributed by atoms with E-state index in [1.807, 2.05) is 0 Å². The number of morpholine rings is 1. The monoisotopic (exact) mass is 255 g/mol. The minimum Gasteiger partial charge on any atom is -0.372 e. The molecule has 2 atom stereocenters. The molecular formula is C16H33NO. The summed E-state index contributed by atoms with van der Waals surface area (Å²) in [6.07, 6.45) is 1.90. The van der Waals surface area contributed by atoms with E-state index in [9.17, 15) is 0 Å². The first-order valence-corrected chi connectivity index (χ1v) is 7.39. The molecule has 0 aliphatic carbocycles. The van der Waals surface area contributed by atoms with E-state index in [0.717, 1.165) is 19.5 Å². The minimum atomic E-state index is 0.243. The predicted molar refractivity (Wildman–Crippen MR) is 78.9 cm³/mol. The lowest BCUT2D eigenvalue weighted by atomic mass is 9.87. The molecule has 0 saturated carbocycles. The summed E-state index contributed by atoms with van der Waals surface area (Å²) in [5, 5.41) is 0. The molecule has 1 aliphatic rings.